The number of halogens is 1. The van der Waals surface area contributed by atoms with E-state index in [0.29, 0.717) is 11.4 Å². The van der Waals surface area contributed by atoms with Crippen LogP contribution in [-0.2, 0) is 17.8 Å². The van der Waals surface area contributed by atoms with E-state index in [-0.39, 0.29) is 5.91 Å². The molecule has 1 unspecified atom stereocenters. The average molecular weight is 268 g/mol. The van der Waals surface area contributed by atoms with Gasteiger partial charge in [0, 0.05) is 12.6 Å². The molecule has 0 radical (unpaired) electrons. The summed E-state index contributed by atoms with van der Waals surface area (Å²) >= 11 is 3.23. The Morgan fingerprint density at radius 2 is 2.13 bits per heavy atom. The third-order valence-corrected chi connectivity index (χ3v) is 3.42. The van der Waals surface area contributed by atoms with Crippen molar-refractivity contribution in [3.8, 4) is 0 Å². The number of rotatable bonds is 1. The van der Waals surface area contributed by atoms with Crippen LogP contribution in [0, 0.1) is 0 Å². The summed E-state index contributed by atoms with van der Waals surface area (Å²) in [5.74, 6) is 0.178. The molecular weight excluding hydrogens is 254 g/mol. The highest BCUT2D eigenvalue weighted by Gasteiger charge is 2.25. The zero-order valence-corrected chi connectivity index (χ0v) is 10.3. The van der Waals surface area contributed by atoms with E-state index in [1.165, 1.54) is 11.1 Å². The number of carbonyl (C=O) groups is 1. The number of hydrogen-bond acceptors (Lipinski definition) is 1. The highest BCUT2D eigenvalue weighted by atomic mass is 79.9. The molecule has 1 aromatic rings. The molecule has 0 saturated heterocycles. The van der Waals surface area contributed by atoms with E-state index >= 15 is 0 Å². The minimum atomic E-state index is 0.178. The maximum atomic E-state index is 11.7. The quantitative estimate of drug-likeness (QED) is 0.716. The van der Waals surface area contributed by atoms with Crippen molar-refractivity contribution < 1.29 is 4.79 Å². The molecule has 1 aromatic carbocycles. The van der Waals surface area contributed by atoms with Gasteiger partial charge in [0.1, 0.15) is 0 Å². The van der Waals surface area contributed by atoms with Crippen LogP contribution >= 0.6 is 15.9 Å². The van der Waals surface area contributed by atoms with Crippen LogP contribution in [0.4, 0.5) is 0 Å². The first kappa shape index (κ1) is 10.7. The lowest BCUT2D eigenvalue weighted by Gasteiger charge is -2.34. The van der Waals surface area contributed by atoms with E-state index in [0.717, 1.165) is 13.0 Å². The van der Waals surface area contributed by atoms with Crippen LogP contribution in [-0.4, -0.2) is 22.2 Å². The number of amides is 1. The van der Waals surface area contributed by atoms with Gasteiger partial charge in [0.25, 0.3) is 0 Å². The summed E-state index contributed by atoms with van der Waals surface area (Å²) in [6, 6.07) is 8.67. The van der Waals surface area contributed by atoms with Crippen LogP contribution in [0.5, 0.6) is 0 Å². The first-order chi connectivity index (χ1) is 7.22. The second kappa shape index (κ2) is 4.35. The van der Waals surface area contributed by atoms with Gasteiger partial charge in [-0.15, -0.1) is 0 Å². The summed E-state index contributed by atoms with van der Waals surface area (Å²) < 4.78 is 0. The van der Waals surface area contributed by atoms with Gasteiger partial charge < -0.3 is 4.90 Å². The molecule has 0 aromatic heterocycles. The Morgan fingerprint density at radius 1 is 1.47 bits per heavy atom. The smallest absolute Gasteiger partial charge is 0.233 e. The Balaban J connectivity index is 2.25. The molecular formula is C12H14BrNO. The second-order valence-corrected chi connectivity index (χ2v) is 4.54. The lowest BCUT2D eigenvalue weighted by atomic mass is 9.95. The van der Waals surface area contributed by atoms with E-state index in [1.807, 2.05) is 11.0 Å². The Hall–Kier alpha value is -0.830. The molecule has 0 N–H and O–H groups in total. The predicted octanol–water partition coefficient (Wildman–Crippen LogP) is 2.35. The topological polar surface area (TPSA) is 20.3 Å². The largest absolute Gasteiger partial charge is 0.335 e. The summed E-state index contributed by atoms with van der Waals surface area (Å²) in [4.78, 5) is 13.6. The summed E-state index contributed by atoms with van der Waals surface area (Å²) in [6.07, 6.45) is 0.967. The number of benzene rings is 1. The molecule has 3 heteroatoms. The molecule has 1 amide bonds. The van der Waals surface area contributed by atoms with Gasteiger partial charge in [0.05, 0.1) is 5.33 Å². The van der Waals surface area contributed by atoms with Crippen LogP contribution in [0.15, 0.2) is 24.3 Å². The Kier molecular flexibility index (Phi) is 3.10. The maximum Gasteiger partial charge on any atom is 0.233 e. The van der Waals surface area contributed by atoms with E-state index < -0.39 is 0 Å². The van der Waals surface area contributed by atoms with Gasteiger partial charge in [-0.05, 0) is 24.5 Å². The highest BCUT2D eigenvalue weighted by Crippen LogP contribution is 2.23. The fourth-order valence-electron chi connectivity index (χ4n) is 2.09. The zero-order chi connectivity index (χ0) is 10.8. The third-order valence-electron chi connectivity index (χ3n) is 2.94. The number of nitrogens with zero attached hydrogens (tertiary/aromatic N) is 1. The SMILES string of the molecule is CC1Cc2ccccc2CN1C(=O)CBr. The van der Waals surface area contributed by atoms with Gasteiger partial charge in [-0.1, -0.05) is 40.2 Å². The highest BCUT2D eigenvalue weighted by molar-refractivity contribution is 9.09. The molecule has 1 atom stereocenters. The molecule has 2 rings (SSSR count). The van der Waals surface area contributed by atoms with E-state index in [2.05, 4.69) is 41.1 Å². The summed E-state index contributed by atoms with van der Waals surface area (Å²) in [5, 5.41) is 0.416. The second-order valence-electron chi connectivity index (χ2n) is 3.98. The first-order valence-electron chi connectivity index (χ1n) is 5.14. The molecule has 1 aliphatic heterocycles. The van der Waals surface area contributed by atoms with Crippen molar-refractivity contribution in [2.24, 2.45) is 0 Å². The standard InChI is InChI=1S/C12H14BrNO/c1-9-6-10-4-2-3-5-11(10)8-14(9)12(15)7-13/h2-5,9H,6-8H2,1H3. The number of carbonyl (C=O) groups excluding carboxylic acids is 1. The fourth-order valence-corrected chi connectivity index (χ4v) is 2.41. The van der Waals surface area contributed by atoms with Crippen molar-refractivity contribution in [3.63, 3.8) is 0 Å². The Morgan fingerprint density at radius 3 is 2.80 bits per heavy atom. The predicted molar refractivity (Wildman–Crippen MR) is 64.0 cm³/mol. The molecule has 2 nitrogen and oxygen atoms in total. The molecule has 0 saturated carbocycles. The van der Waals surface area contributed by atoms with Gasteiger partial charge in [0.2, 0.25) is 5.91 Å². The number of hydrogen-bond donors (Lipinski definition) is 0. The van der Waals surface area contributed by atoms with Crippen molar-refractivity contribution in [2.45, 2.75) is 25.9 Å². The van der Waals surface area contributed by atoms with Gasteiger partial charge in [0.15, 0.2) is 0 Å². The van der Waals surface area contributed by atoms with Crippen molar-refractivity contribution in [2.75, 3.05) is 5.33 Å². The van der Waals surface area contributed by atoms with Gasteiger partial charge in [-0.3, -0.25) is 4.79 Å². The molecule has 15 heavy (non-hydrogen) atoms. The summed E-state index contributed by atoms with van der Waals surface area (Å²) in [6.45, 7) is 2.86. The molecule has 0 fully saturated rings. The number of alkyl halides is 1. The van der Waals surface area contributed by atoms with E-state index in [9.17, 15) is 4.79 Å². The minimum absolute atomic E-state index is 0.178. The molecule has 0 aliphatic carbocycles. The van der Waals surface area contributed by atoms with Gasteiger partial charge in [-0.25, -0.2) is 0 Å². The van der Waals surface area contributed by atoms with Crippen molar-refractivity contribution in [3.05, 3.63) is 35.4 Å². The average Bonchev–Trinajstić information content (AvgIpc) is 2.27. The van der Waals surface area contributed by atoms with Crippen molar-refractivity contribution in [1.82, 2.24) is 4.90 Å². The number of fused-ring (bicyclic) bond motifs is 1. The molecule has 1 aliphatic rings. The van der Waals surface area contributed by atoms with Crippen LogP contribution in [0.1, 0.15) is 18.1 Å². The van der Waals surface area contributed by atoms with Crippen molar-refractivity contribution >= 4 is 21.8 Å². The summed E-state index contributed by atoms with van der Waals surface area (Å²) in [5.41, 5.74) is 2.66. The lowest BCUT2D eigenvalue weighted by molar-refractivity contribution is -0.131. The van der Waals surface area contributed by atoms with Crippen LogP contribution in [0.25, 0.3) is 0 Å². The molecule has 0 spiro atoms. The Labute approximate surface area is 98.4 Å². The summed E-state index contributed by atoms with van der Waals surface area (Å²) in [7, 11) is 0. The van der Waals surface area contributed by atoms with Crippen LogP contribution < -0.4 is 0 Å². The maximum absolute atomic E-state index is 11.7. The fraction of sp³-hybridized carbons (Fsp3) is 0.417. The molecule has 1 heterocycles. The monoisotopic (exact) mass is 267 g/mol. The van der Waals surface area contributed by atoms with Gasteiger partial charge >= 0.3 is 0 Å². The van der Waals surface area contributed by atoms with Crippen molar-refractivity contribution in [1.29, 1.82) is 0 Å². The minimum Gasteiger partial charge on any atom is -0.335 e. The van der Waals surface area contributed by atoms with E-state index in [1.54, 1.807) is 0 Å². The molecule has 0 bridgehead atoms. The first-order valence-corrected chi connectivity index (χ1v) is 6.26. The Bertz CT molecular complexity index is 378. The van der Waals surface area contributed by atoms with Crippen LogP contribution in [0.2, 0.25) is 0 Å². The van der Waals surface area contributed by atoms with Crippen LogP contribution in [0.3, 0.4) is 0 Å². The molecule has 80 valence electrons. The van der Waals surface area contributed by atoms with Gasteiger partial charge in [-0.2, -0.15) is 0 Å². The third kappa shape index (κ3) is 2.07. The normalized spacial score (nSPS) is 19.9. The van der Waals surface area contributed by atoms with E-state index in [4.69, 9.17) is 0 Å². The lowest BCUT2D eigenvalue weighted by Crippen LogP contribution is -2.43. The zero-order valence-electron chi connectivity index (χ0n) is 8.74.